The lowest BCUT2D eigenvalue weighted by Gasteiger charge is -2.16. The molecule has 1 unspecified atom stereocenters. The van der Waals surface area contributed by atoms with E-state index in [1.165, 1.54) is 0 Å². The molecule has 20 heavy (non-hydrogen) atoms. The minimum atomic E-state index is -1.05. The summed E-state index contributed by atoms with van der Waals surface area (Å²) in [4.78, 5) is 20.8. The maximum absolute atomic E-state index is 11.3. The summed E-state index contributed by atoms with van der Waals surface area (Å²) in [6.45, 7) is 5.85. The SMILES string of the molecule is CC(C)c1ncc(NC(C)c2cccs2)c(C(=O)O)n1. The van der Waals surface area contributed by atoms with E-state index >= 15 is 0 Å². The van der Waals surface area contributed by atoms with Gasteiger partial charge in [-0.2, -0.15) is 0 Å². The summed E-state index contributed by atoms with van der Waals surface area (Å²) >= 11 is 1.62. The van der Waals surface area contributed by atoms with Crippen molar-refractivity contribution in [1.29, 1.82) is 0 Å². The molecule has 0 aliphatic rings. The molecule has 0 spiro atoms. The summed E-state index contributed by atoms with van der Waals surface area (Å²) in [5.74, 6) is -0.413. The van der Waals surface area contributed by atoms with Crippen molar-refractivity contribution < 1.29 is 9.90 Å². The Labute approximate surface area is 121 Å². The number of aromatic nitrogens is 2. The van der Waals surface area contributed by atoms with Crippen LogP contribution in [0.3, 0.4) is 0 Å². The second-order valence-electron chi connectivity index (χ2n) is 4.83. The highest BCUT2D eigenvalue weighted by atomic mass is 32.1. The van der Waals surface area contributed by atoms with E-state index in [-0.39, 0.29) is 17.7 Å². The van der Waals surface area contributed by atoms with Gasteiger partial charge in [0.05, 0.1) is 17.9 Å². The van der Waals surface area contributed by atoms with Crippen molar-refractivity contribution in [2.24, 2.45) is 0 Å². The van der Waals surface area contributed by atoms with Crippen LogP contribution in [0.1, 0.15) is 53.9 Å². The number of carboxylic acids is 1. The largest absolute Gasteiger partial charge is 0.476 e. The summed E-state index contributed by atoms with van der Waals surface area (Å²) in [6, 6.07) is 3.99. The van der Waals surface area contributed by atoms with Crippen LogP contribution in [0.2, 0.25) is 0 Å². The Morgan fingerprint density at radius 3 is 2.70 bits per heavy atom. The summed E-state index contributed by atoms with van der Waals surface area (Å²) < 4.78 is 0. The van der Waals surface area contributed by atoms with E-state index in [0.29, 0.717) is 11.5 Å². The van der Waals surface area contributed by atoms with E-state index in [9.17, 15) is 9.90 Å². The summed E-state index contributed by atoms with van der Waals surface area (Å²) in [5, 5.41) is 14.4. The first kappa shape index (κ1) is 14.5. The number of anilines is 1. The van der Waals surface area contributed by atoms with Gasteiger partial charge in [0.2, 0.25) is 0 Å². The molecule has 0 amide bonds. The van der Waals surface area contributed by atoms with Gasteiger partial charge in [-0.25, -0.2) is 14.8 Å². The van der Waals surface area contributed by atoms with E-state index in [0.717, 1.165) is 4.88 Å². The number of nitrogens with one attached hydrogen (secondary N) is 1. The van der Waals surface area contributed by atoms with Gasteiger partial charge in [-0.15, -0.1) is 11.3 Å². The standard InChI is InChI=1S/C14H17N3O2S/c1-8(2)13-15-7-10(12(17-13)14(18)19)16-9(3)11-5-4-6-20-11/h4-9,16H,1-3H3,(H,18,19). The molecule has 0 aliphatic carbocycles. The lowest BCUT2D eigenvalue weighted by Crippen LogP contribution is -2.14. The maximum Gasteiger partial charge on any atom is 0.356 e. The zero-order chi connectivity index (χ0) is 14.7. The summed E-state index contributed by atoms with van der Waals surface area (Å²) in [7, 11) is 0. The highest BCUT2D eigenvalue weighted by Gasteiger charge is 2.17. The quantitative estimate of drug-likeness (QED) is 0.881. The van der Waals surface area contributed by atoms with Gasteiger partial charge in [0, 0.05) is 10.8 Å². The van der Waals surface area contributed by atoms with Gasteiger partial charge in [0.15, 0.2) is 5.69 Å². The first-order chi connectivity index (χ1) is 9.49. The molecule has 0 saturated heterocycles. The predicted molar refractivity (Wildman–Crippen MR) is 79.4 cm³/mol. The lowest BCUT2D eigenvalue weighted by molar-refractivity contribution is 0.0691. The molecule has 2 N–H and O–H groups in total. The normalized spacial score (nSPS) is 12.4. The number of carbonyl (C=O) groups is 1. The molecule has 1 atom stereocenters. The lowest BCUT2D eigenvalue weighted by atomic mass is 10.2. The van der Waals surface area contributed by atoms with Crippen LogP contribution in [0.4, 0.5) is 5.69 Å². The maximum atomic E-state index is 11.3. The Morgan fingerprint density at radius 2 is 2.15 bits per heavy atom. The average molecular weight is 291 g/mol. The van der Waals surface area contributed by atoms with Gasteiger partial charge in [-0.3, -0.25) is 0 Å². The van der Waals surface area contributed by atoms with Gasteiger partial charge in [-0.1, -0.05) is 19.9 Å². The third kappa shape index (κ3) is 3.14. The number of hydrogen-bond acceptors (Lipinski definition) is 5. The third-order valence-corrected chi connectivity index (χ3v) is 3.92. The minimum absolute atomic E-state index is 0.0154. The zero-order valence-corrected chi connectivity index (χ0v) is 12.4. The molecule has 0 fully saturated rings. The third-order valence-electron chi connectivity index (χ3n) is 2.87. The van der Waals surface area contributed by atoms with Crippen molar-refractivity contribution in [2.45, 2.75) is 32.7 Å². The van der Waals surface area contributed by atoms with Crippen molar-refractivity contribution in [3.8, 4) is 0 Å². The molecular weight excluding hydrogens is 274 g/mol. The minimum Gasteiger partial charge on any atom is -0.476 e. The first-order valence-electron chi connectivity index (χ1n) is 6.39. The molecule has 106 valence electrons. The Kier molecular flexibility index (Phi) is 4.34. The topological polar surface area (TPSA) is 75.1 Å². The Bertz CT molecular complexity index is 596. The molecule has 2 aromatic rings. The highest BCUT2D eigenvalue weighted by Crippen LogP contribution is 2.25. The average Bonchev–Trinajstić information content (AvgIpc) is 2.92. The van der Waals surface area contributed by atoms with E-state index in [1.807, 2.05) is 38.3 Å². The van der Waals surface area contributed by atoms with Gasteiger partial charge in [0.25, 0.3) is 0 Å². The van der Waals surface area contributed by atoms with E-state index in [4.69, 9.17) is 0 Å². The van der Waals surface area contributed by atoms with Crippen molar-refractivity contribution >= 4 is 23.0 Å². The number of aromatic carboxylic acids is 1. The number of nitrogens with zero attached hydrogens (tertiary/aromatic N) is 2. The van der Waals surface area contributed by atoms with Crippen LogP contribution in [-0.2, 0) is 0 Å². The van der Waals surface area contributed by atoms with Crippen molar-refractivity contribution in [2.75, 3.05) is 5.32 Å². The fraction of sp³-hybridized carbons (Fsp3) is 0.357. The molecule has 0 aliphatic heterocycles. The van der Waals surface area contributed by atoms with Crippen molar-refractivity contribution in [3.05, 3.63) is 40.1 Å². The molecule has 2 rings (SSSR count). The summed E-state index contributed by atoms with van der Waals surface area (Å²) in [5.41, 5.74) is 0.468. The van der Waals surface area contributed by atoms with Crippen LogP contribution in [-0.4, -0.2) is 21.0 Å². The van der Waals surface area contributed by atoms with Crippen LogP contribution >= 0.6 is 11.3 Å². The molecule has 2 heterocycles. The van der Waals surface area contributed by atoms with E-state index in [1.54, 1.807) is 17.5 Å². The molecule has 0 bridgehead atoms. The van der Waals surface area contributed by atoms with E-state index in [2.05, 4.69) is 15.3 Å². The smallest absolute Gasteiger partial charge is 0.356 e. The monoisotopic (exact) mass is 291 g/mol. The number of hydrogen-bond donors (Lipinski definition) is 2. The van der Waals surface area contributed by atoms with Crippen molar-refractivity contribution in [3.63, 3.8) is 0 Å². The Morgan fingerprint density at radius 1 is 1.40 bits per heavy atom. The van der Waals surface area contributed by atoms with Crippen LogP contribution in [0, 0.1) is 0 Å². The van der Waals surface area contributed by atoms with E-state index < -0.39 is 5.97 Å². The highest BCUT2D eigenvalue weighted by molar-refractivity contribution is 7.10. The molecule has 2 aromatic heterocycles. The van der Waals surface area contributed by atoms with Gasteiger partial charge >= 0.3 is 5.97 Å². The molecule has 6 heteroatoms. The fourth-order valence-electron chi connectivity index (χ4n) is 1.78. The van der Waals surface area contributed by atoms with Crippen LogP contribution in [0.25, 0.3) is 0 Å². The van der Waals surface area contributed by atoms with Gasteiger partial charge in [0.1, 0.15) is 5.82 Å². The van der Waals surface area contributed by atoms with Crippen molar-refractivity contribution in [1.82, 2.24) is 9.97 Å². The fourth-order valence-corrected chi connectivity index (χ4v) is 2.52. The number of carboxylic acid groups (broad SMARTS) is 1. The van der Waals surface area contributed by atoms with Crippen LogP contribution < -0.4 is 5.32 Å². The Balaban J connectivity index is 2.29. The number of thiophene rings is 1. The molecular formula is C14H17N3O2S. The van der Waals surface area contributed by atoms with Crippen LogP contribution in [0.15, 0.2) is 23.7 Å². The van der Waals surface area contributed by atoms with Crippen LogP contribution in [0.5, 0.6) is 0 Å². The zero-order valence-electron chi connectivity index (χ0n) is 11.6. The first-order valence-corrected chi connectivity index (χ1v) is 7.27. The van der Waals surface area contributed by atoms with Gasteiger partial charge < -0.3 is 10.4 Å². The molecule has 0 saturated carbocycles. The number of rotatable bonds is 5. The second kappa shape index (κ2) is 6.00. The second-order valence-corrected chi connectivity index (χ2v) is 5.81. The van der Waals surface area contributed by atoms with Gasteiger partial charge in [-0.05, 0) is 18.4 Å². The summed E-state index contributed by atoms with van der Waals surface area (Å²) in [6.07, 6.45) is 1.55. The molecule has 0 aromatic carbocycles. The molecule has 0 radical (unpaired) electrons. The Hall–Kier alpha value is -1.95. The predicted octanol–water partition coefficient (Wildman–Crippen LogP) is 3.53. The molecule has 5 nitrogen and oxygen atoms in total.